The van der Waals surface area contributed by atoms with Gasteiger partial charge in [-0.25, -0.2) is 4.39 Å². The Morgan fingerprint density at radius 1 is 1.30 bits per heavy atom. The third kappa shape index (κ3) is 7.69. The first-order chi connectivity index (χ1) is 12.6. The van der Waals surface area contributed by atoms with Crippen molar-refractivity contribution in [3.05, 3.63) is 42.2 Å². The molecule has 2 N–H and O–H groups in total. The predicted octanol–water partition coefficient (Wildman–Crippen LogP) is 3.14. The Balaban J connectivity index is 0.00000364. The standard InChI is InChI=1S/C18H27FN6O.HI/c1-4-20-18(21-9-5-6-10-25-12-22-23-13-25)24-14(2)15-7-8-17(26-3)16(19)11-15;/h7-8,11-14H,4-6,9-10H2,1-3H3,(H2,20,21,24);1H. The van der Waals surface area contributed by atoms with E-state index in [0.717, 1.165) is 37.5 Å². The van der Waals surface area contributed by atoms with Gasteiger partial charge in [0.2, 0.25) is 0 Å². The molecule has 2 rings (SSSR count). The SMILES string of the molecule is CCNC(=NCCCCn1cnnc1)NC(C)c1ccc(OC)c(F)c1.I. The lowest BCUT2D eigenvalue weighted by Gasteiger charge is -2.18. The Morgan fingerprint density at radius 3 is 2.67 bits per heavy atom. The van der Waals surface area contributed by atoms with Gasteiger partial charge in [0.25, 0.3) is 0 Å². The molecule has 1 atom stereocenters. The van der Waals surface area contributed by atoms with Crippen molar-refractivity contribution in [1.82, 2.24) is 25.4 Å². The second kappa shape index (κ2) is 12.5. The maximum atomic E-state index is 13.9. The van der Waals surface area contributed by atoms with Crippen LogP contribution in [0.15, 0.2) is 35.8 Å². The van der Waals surface area contributed by atoms with E-state index < -0.39 is 0 Å². The van der Waals surface area contributed by atoms with Crippen molar-refractivity contribution in [3.63, 3.8) is 0 Å². The fourth-order valence-corrected chi connectivity index (χ4v) is 2.50. The molecular formula is C18H28FIN6O. The van der Waals surface area contributed by atoms with E-state index in [1.807, 2.05) is 24.5 Å². The maximum Gasteiger partial charge on any atom is 0.191 e. The minimum absolute atomic E-state index is 0. The van der Waals surface area contributed by atoms with E-state index in [2.05, 4.69) is 25.8 Å². The summed E-state index contributed by atoms with van der Waals surface area (Å²) in [6.45, 7) is 6.34. The molecule has 9 heteroatoms. The Bertz CT molecular complexity index is 695. The summed E-state index contributed by atoms with van der Waals surface area (Å²) in [7, 11) is 1.46. The lowest BCUT2D eigenvalue weighted by molar-refractivity contribution is 0.386. The van der Waals surface area contributed by atoms with Gasteiger partial charge in [-0.2, -0.15) is 0 Å². The van der Waals surface area contributed by atoms with Crippen LogP contribution in [0.5, 0.6) is 5.75 Å². The summed E-state index contributed by atoms with van der Waals surface area (Å²) in [5, 5.41) is 14.1. The molecule has 2 aromatic rings. The van der Waals surface area contributed by atoms with Crippen molar-refractivity contribution in [2.45, 2.75) is 39.3 Å². The zero-order chi connectivity index (χ0) is 18.8. The van der Waals surface area contributed by atoms with Crippen LogP contribution >= 0.6 is 24.0 Å². The number of benzene rings is 1. The molecule has 0 spiro atoms. The summed E-state index contributed by atoms with van der Waals surface area (Å²) in [6.07, 6.45) is 5.38. The largest absolute Gasteiger partial charge is 0.494 e. The number of nitrogens with zero attached hydrogens (tertiary/aromatic N) is 4. The Morgan fingerprint density at radius 2 is 2.04 bits per heavy atom. The molecule has 1 aromatic heterocycles. The fraction of sp³-hybridized carbons (Fsp3) is 0.500. The molecule has 0 bridgehead atoms. The first kappa shape index (κ1) is 23.1. The molecule has 150 valence electrons. The van der Waals surface area contributed by atoms with Gasteiger partial charge in [-0.3, -0.25) is 4.99 Å². The Hall–Kier alpha value is -1.91. The smallest absolute Gasteiger partial charge is 0.191 e. The average Bonchev–Trinajstić information content (AvgIpc) is 3.14. The molecule has 0 aliphatic heterocycles. The van der Waals surface area contributed by atoms with Crippen LogP contribution in [0, 0.1) is 5.82 Å². The van der Waals surface area contributed by atoms with Crippen molar-refractivity contribution < 1.29 is 9.13 Å². The van der Waals surface area contributed by atoms with Crippen molar-refractivity contribution in [2.75, 3.05) is 20.2 Å². The Labute approximate surface area is 176 Å². The molecule has 27 heavy (non-hydrogen) atoms. The molecular weight excluding hydrogens is 462 g/mol. The average molecular weight is 490 g/mol. The predicted molar refractivity (Wildman–Crippen MR) is 115 cm³/mol. The van der Waals surface area contributed by atoms with E-state index >= 15 is 0 Å². The molecule has 7 nitrogen and oxygen atoms in total. The second-order valence-corrected chi connectivity index (χ2v) is 5.93. The number of nitrogens with one attached hydrogen (secondary N) is 2. The Kier molecular flexibility index (Phi) is 10.7. The van der Waals surface area contributed by atoms with Gasteiger partial charge in [-0.15, -0.1) is 34.2 Å². The summed E-state index contributed by atoms with van der Waals surface area (Å²) >= 11 is 0. The molecule has 1 aromatic carbocycles. The summed E-state index contributed by atoms with van der Waals surface area (Å²) in [4.78, 5) is 4.59. The van der Waals surface area contributed by atoms with Crippen LogP contribution in [-0.4, -0.2) is 40.9 Å². The number of hydrogen-bond acceptors (Lipinski definition) is 4. The van der Waals surface area contributed by atoms with Crippen molar-refractivity contribution >= 4 is 29.9 Å². The van der Waals surface area contributed by atoms with Crippen molar-refractivity contribution in [2.24, 2.45) is 4.99 Å². The molecule has 0 fully saturated rings. The van der Waals surface area contributed by atoms with Gasteiger partial charge in [-0.1, -0.05) is 6.07 Å². The molecule has 0 radical (unpaired) electrons. The fourth-order valence-electron chi connectivity index (χ4n) is 2.50. The highest BCUT2D eigenvalue weighted by Gasteiger charge is 2.11. The van der Waals surface area contributed by atoms with Crippen LogP contribution in [0.2, 0.25) is 0 Å². The minimum atomic E-state index is -0.366. The maximum absolute atomic E-state index is 13.9. The third-order valence-corrected chi connectivity index (χ3v) is 3.93. The quantitative estimate of drug-likeness (QED) is 0.245. The summed E-state index contributed by atoms with van der Waals surface area (Å²) in [5.41, 5.74) is 0.835. The molecule has 0 aliphatic rings. The van der Waals surface area contributed by atoms with E-state index in [-0.39, 0.29) is 41.6 Å². The van der Waals surface area contributed by atoms with Gasteiger partial charge in [0.05, 0.1) is 13.2 Å². The normalized spacial score (nSPS) is 12.2. The van der Waals surface area contributed by atoms with E-state index in [1.165, 1.54) is 13.2 Å². The molecule has 0 amide bonds. The highest BCUT2D eigenvalue weighted by molar-refractivity contribution is 14.0. The molecule has 1 heterocycles. The zero-order valence-electron chi connectivity index (χ0n) is 16.0. The first-order valence-corrected chi connectivity index (χ1v) is 8.84. The molecule has 0 saturated carbocycles. The monoisotopic (exact) mass is 490 g/mol. The number of methoxy groups -OCH3 is 1. The lowest BCUT2D eigenvalue weighted by Crippen LogP contribution is -2.38. The van der Waals surface area contributed by atoms with E-state index in [4.69, 9.17) is 4.74 Å². The number of aryl methyl sites for hydroxylation is 1. The van der Waals surface area contributed by atoms with E-state index in [9.17, 15) is 4.39 Å². The molecule has 0 saturated heterocycles. The van der Waals surface area contributed by atoms with Gasteiger partial charge < -0.3 is 19.9 Å². The van der Waals surface area contributed by atoms with Gasteiger partial charge in [0.1, 0.15) is 12.7 Å². The number of halogens is 2. The van der Waals surface area contributed by atoms with Crippen LogP contribution in [0.3, 0.4) is 0 Å². The minimum Gasteiger partial charge on any atom is -0.494 e. The lowest BCUT2D eigenvalue weighted by atomic mass is 10.1. The third-order valence-electron chi connectivity index (χ3n) is 3.93. The van der Waals surface area contributed by atoms with Crippen LogP contribution in [0.1, 0.15) is 38.3 Å². The van der Waals surface area contributed by atoms with Gasteiger partial charge in [0.15, 0.2) is 17.5 Å². The van der Waals surface area contributed by atoms with E-state index in [1.54, 1.807) is 18.7 Å². The number of rotatable bonds is 9. The zero-order valence-corrected chi connectivity index (χ0v) is 18.3. The van der Waals surface area contributed by atoms with Gasteiger partial charge in [-0.05, 0) is 44.4 Å². The number of aromatic nitrogens is 3. The van der Waals surface area contributed by atoms with Gasteiger partial charge in [0, 0.05) is 19.6 Å². The first-order valence-electron chi connectivity index (χ1n) is 8.84. The summed E-state index contributed by atoms with van der Waals surface area (Å²) in [6, 6.07) is 4.89. The number of unbranched alkanes of at least 4 members (excludes halogenated alkanes) is 1. The number of ether oxygens (including phenoxy) is 1. The molecule has 0 aliphatic carbocycles. The highest BCUT2D eigenvalue weighted by Crippen LogP contribution is 2.21. The number of aliphatic imine (C=N–C) groups is 1. The van der Waals surface area contributed by atoms with Crippen LogP contribution < -0.4 is 15.4 Å². The van der Waals surface area contributed by atoms with Gasteiger partial charge >= 0.3 is 0 Å². The molecule has 1 unspecified atom stereocenters. The van der Waals surface area contributed by atoms with Crippen molar-refractivity contribution in [1.29, 1.82) is 0 Å². The van der Waals surface area contributed by atoms with Crippen LogP contribution in [-0.2, 0) is 6.54 Å². The highest BCUT2D eigenvalue weighted by atomic mass is 127. The topological polar surface area (TPSA) is 76.4 Å². The van der Waals surface area contributed by atoms with Crippen LogP contribution in [0.25, 0.3) is 0 Å². The second-order valence-electron chi connectivity index (χ2n) is 5.93. The van der Waals surface area contributed by atoms with E-state index in [0.29, 0.717) is 6.54 Å². The summed E-state index contributed by atoms with van der Waals surface area (Å²) in [5.74, 6) is 0.602. The van der Waals surface area contributed by atoms with Crippen LogP contribution in [0.4, 0.5) is 4.39 Å². The summed E-state index contributed by atoms with van der Waals surface area (Å²) < 4.78 is 20.8. The van der Waals surface area contributed by atoms with Crippen molar-refractivity contribution in [3.8, 4) is 5.75 Å². The number of guanidine groups is 1. The number of hydrogen-bond donors (Lipinski definition) is 2.